The number of carbonyl (C=O) groups is 2. The number of hydrogen-bond acceptors (Lipinski definition) is 7. The summed E-state index contributed by atoms with van der Waals surface area (Å²) < 4.78 is 12.3. The zero-order valence-corrected chi connectivity index (χ0v) is 27.4. The average molecular weight is 635 g/mol. The summed E-state index contributed by atoms with van der Waals surface area (Å²) in [7, 11) is 3.43. The second-order valence-corrected chi connectivity index (χ2v) is 13.7. The topological polar surface area (TPSA) is 98.0 Å². The number of benzene rings is 2. The van der Waals surface area contributed by atoms with Crippen LogP contribution < -0.4 is 10.5 Å². The number of aromatic nitrogens is 1. The van der Waals surface area contributed by atoms with E-state index in [1.807, 2.05) is 74.2 Å². The molecule has 232 valence electrons. The third-order valence-electron chi connectivity index (χ3n) is 8.07. The first-order valence-electron chi connectivity index (χ1n) is 14.8. The lowest BCUT2D eigenvalue weighted by molar-refractivity contribution is 0.0144. The van der Waals surface area contributed by atoms with E-state index < -0.39 is 5.60 Å². The van der Waals surface area contributed by atoms with Gasteiger partial charge in [-0.25, -0.2) is 9.78 Å². The SMILES string of the molecule is COc1ccc(-c2ccc(N)nc2)cc1CN(C(=O)c1sc2ccccc2c1Cl)[C@H]1CC[C@H](N(C)C(=O)OC(C)(C)C)CC1. The van der Waals surface area contributed by atoms with Crippen molar-refractivity contribution in [3.8, 4) is 16.9 Å². The number of pyridine rings is 1. The van der Waals surface area contributed by atoms with Crippen LogP contribution in [-0.2, 0) is 11.3 Å². The lowest BCUT2D eigenvalue weighted by Crippen LogP contribution is -2.47. The number of nitrogens with zero attached hydrogens (tertiary/aromatic N) is 3. The number of rotatable bonds is 7. The highest BCUT2D eigenvalue weighted by molar-refractivity contribution is 7.21. The smallest absolute Gasteiger partial charge is 0.410 e. The van der Waals surface area contributed by atoms with Crippen molar-refractivity contribution in [3.05, 3.63) is 76.3 Å². The van der Waals surface area contributed by atoms with E-state index in [-0.39, 0.29) is 24.1 Å². The number of carbonyl (C=O) groups excluding carboxylic acids is 2. The van der Waals surface area contributed by atoms with Crippen molar-refractivity contribution in [1.29, 1.82) is 0 Å². The van der Waals surface area contributed by atoms with Crippen LogP contribution in [0.25, 0.3) is 21.2 Å². The summed E-state index contributed by atoms with van der Waals surface area (Å²) in [5, 5.41) is 1.35. The van der Waals surface area contributed by atoms with Gasteiger partial charge in [0.15, 0.2) is 0 Å². The van der Waals surface area contributed by atoms with Crippen LogP contribution in [0, 0.1) is 0 Å². The normalized spacial score (nSPS) is 16.9. The van der Waals surface area contributed by atoms with E-state index >= 15 is 0 Å². The van der Waals surface area contributed by atoms with Crippen LogP contribution in [0.5, 0.6) is 5.75 Å². The van der Waals surface area contributed by atoms with Gasteiger partial charge in [0.1, 0.15) is 22.0 Å². The Morgan fingerprint density at radius 2 is 1.70 bits per heavy atom. The summed E-state index contributed by atoms with van der Waals surface area (Å²) in [6.07, 6.45) is 4.37. The van der Waals surface area contributed by atoms with E-state index in [4.69, 9.17) is 26.8 Å². The molecular formula is C34H39ClN4O4S. The standard InChI is InChI=1S/C34H39ClN4O4S/c1-34(2,3)43-33(41)38(4)24-12-14-25(15-13-24)39(32(40)31-30(35)26-8-6-7-9-28(26)44-31)20-23-18-21(10-16-27(23)42-5)22-11-17-29(36)37-19-22/h6-11,16-19,24-25H,12-15,20H2,1-5H3,(H2,36,37)/t24-,25-. The molecule has 0 atom stereocenters. The number of methoxy groups -OCH3 is 1. The van der Waals surface area contributed by atoms with Gasteiger partial charge in [-0.1, -0.05) is 35.9 Å². The van der Waals surface area contributed by atoms with Gasteiger partial charge >= 0.3 is 6.09 Å². The minimum atomic E-state index is -0.564. The van der Waals surface area contributed by atoms with Gasteiger partial charge in [0.25, 0.3) is 5.91 Å². The zero-order chi connectivity index (χ0) is 31.6. The van der Waals surface area contributed by atoms with E-state index in [2.05, 4.69) is 4.98 Å². The van der Waals surface area contributed by atoms with Crippen LogP contribution in [0.1, 0.15) is 61.7 Å². The van der Waals surface area contributed by atoms with Crippen molar-refractivity contribution in [2.45, 2.75) is 70.7 Å². The molecule has 0 bridgehead atoms. The second-order valence-electron chi connectivity index (χ2n) is 12.2. The molecule has 5 rings (SSSR count). The number of thiophene rings is 1. The third kappa shape index (κ3) is 6.94. The molecule has 0 unspecified atom stereocenters. The summed E-state index contributed by atoms with van der Waals surface area (Å²) in [6, 6.07) is 17.4. The fraction of sp³-hybridized carbons (Fsp3) is 0.382. The molecule has 8 nitrogen and oxygen atoms in total. The van der Waals surface area contributed by atoms with Crippen molar-refractivity contribution in [2.75, 3.05) is 19.9 Å². The number of amides is 2. The van der Waals surface area contributed by atoms with E-state index in [0.29, 0.717) is 28.0 Å². The lowest BCUT2D eigenvalue weighted by atomic mass is 9.89. The van der Waals surface area contributed by atoms with Gasteiger partial charge in [-0.15, -0.1) is 11.3 Å². The number of nitrogen functional groups attached to an aromatic ring is 1. The molecule has 2 aromatic carbocycles. The summed E-state index contributed by atoms with van der Waals surface area (Å²) in [4.78, 5) is 35.6. The van der Waals surface area contributed by atoms with Gasteiger partial charge in [0, 0.05) is 53.1 Å². The number of halogens is 1. The van der Waals surface area contributed by atoms with Gasteiger partial charge in [-0.3, -0.25) is 4.79 Å². The number of anilines is 1. The van der Waals surface area contributed by atoms with Crippen molar-refractivity contribution < 1.29 is 19.1 Å². The Hall–Kier alpha value is -3.82. The summed E-state index contributed by atoms with van der Waals surface area (Å²) >= 11 is 8.25. The highest BCUT2D eigenvalue weighted by Crippen LogP contribution is 2.39. The first kappa shape index (κ1) is 31.6. The van der Waals surface area contributed by atoms with E-state index in [1.54, 1.807) is 31.3 Å². The van der Waals surface area contributed by atoms with Gasteiger partial charge in [-0.05, 0) is 82.3 Å². The molecule has 0 saturated heterocycles. The van der Waals surface area contributed by atoms with Crippen molar-refractivity contribution in [2.24, 2.45) is 0 Å². The molecule has 1 aliphatic carbocycles. The van der Waals surface area contributed by atoms with Crippen molar-refractivity contribution in [3.63, 3.8) is 0 Å². The van der Waals surface area contributed by atoms with Gasteiger partial charge < -0.3 is 25.0 Å². The molecule has 10 heteroatoms. The minimum absolute atomic E-state index is 0.0295. The molecule has 0 radical (unpaired) electrons. The van der Waals surface area contributed by atoms with E-state index in [1.165, 1.54) is 11.3 Å². The maximum absolute atomic E-state index is 14.4. The van der Waals surface area contributed by atoms with Crippen LogP contribution in [-0.4, -0.2) is 58.6 Å². The molecule has 0 aliphatic heterocycles. The predicted octanol–water partition coefficient (Wildman–Crippen LogP) is 8.03. The molecule has 44 heavy (non-hydrogen) atoms. The molecule has 1 saturated carbocycles. The largest absolute Gasteiger partial charge is 0.496 e. The van der Waals surface area contributed by atoms with E-state index in [0.717, 1.165) is 52.5 Å². The number of hydrogen-bond donors (Lipinski definition) is 1. The Bertz CT molecular complexity index is 1640. The first-order chi connectivity index (χ1) is 20.9. The minimum Gasteiger partial charge on any atom is -0.496 e. The van der Waals surface area contributed by atoms with Crippen LogP contribution in [0.2, 0.25) is 5.02 Å². The molecule has 4 aromatic rings. The Labute approximate surface area is 267 Å². The predicted molar refractivity (Wildman–Crippen MR) is 177 cm³/mol. The quantitative estimate of drug-likeness (QED) is 0.221. The highest BCUT2D eigenvalue weighted by Gasteiger charge is 2.35. The highest BCUT2D eigenvalue weighted by atomic mass is 35.5. The van der Waals surface area contributed by atoms with Crippen molar-refractivity contribution >= 4 is 50.8 Å². The fourth-order valence-corrected chi connectivity index (χ4v) is 7.20. The Balaban J connectivity index is 1.45. The first-order valence-corrected chi connectivity index (χ1v) is 16.0. The third-order valence-corrected chi connectivity index (χ3v) is 9.73. The Morgan fingerprint density at radius 1 is 1.02 bits per heavy atom. The van der Waals surface area contributed by atoms with Gasteiger partial charge in [0.2, 0.25) is 0 Å². The fourth-order valence-electron chi connectivity index (χ4n) is 5.73. The Kier molecular flexibility index (Phi) is 9.37. The number of ether oxygens (including phenoxy) is 2. The summed E-state index contributed by atoms with van der Waals surface area (Å²) in [5.41, 5.74) is 7.99. The zero-order valence-electron chi connectivity index (χ0n) is 25.8. The van der Waals surface area contributed by atoms with Crippen molar-refractivity contribution in [1.82, 2.24) is 14.8 Å². The van der Waals surface area contributed by atoms with E-state index in [9.17, 15) is 9.59 Å². The maximum atomic E-state index is 14.4. The molecule has 0 spiro atoms. The van der Waals surface area contributed by atoms with Crippen LogP contribution in [0.15, 0.2) is 60.8 Å². The monoisotopic (exact) mass is 634 g/mol. The summed E-state index contributed by atoms with van der Waals surface area (Å²) in [6.45, 7) is 5.93. The molecule has 2 heterocycles. The molecule has 2 N–H and O–H groups in total. The molecular weight excluding hydrogens is 596 g/mol. The number of nitrogens with two attached hydrogens (primary N) is 1. The second kappa shape index (κ2) is 13.0. The van der Waals surface area contributed by atoms with Crippen LogP contribution in [0.3, 0.4) is 0 Å². The molecule has 1 aliphatic rings. The van der Waals surface area contributed by atoms with Gasteiger partial charge in [-0.2, -0.15) is 0 Å². The Morgan fingerprint density at radius 3 is 2.34 bits per heavy atom. The molecule has 2 amide bonds. The molecule has 1 fully saturated rings. The average Bonchev–Trinajstić information content (AvgIpc) is 3.35. The lowest BCUT2D eigenvalue weighted by Gasteiger charge is -2.40. The molecule has 2 aromatic heterocycles. The number of fused-ring (bicyclic) bond motifs is 1. The van der Waals surface area contributed by atoms with Gasteiger partial charge in [0.05, 0.1) is 12.1 Å². The van der Waals surface area contributed by atoms with Crippen LogP contribution >= 0.6 is 22.9 Å². The maximum Gasteiger partial charge on any atom is 0.410 e. The van der Waals surface area contributed by atoms with Crippen LogP contribution in [0.4, 0.5) is 10.6 Å². The summed E-state index contributed by atoms with van der Waals surface area (Å²) in [5.74, 6) is 1.03.